The van der Waals surface area contributed by atoms with E-state index in [4.69, 9.17) is 0 Å². The molecular formula is C21H45N3. The van der Waals surface area contributed by atoms with E-state index in [-0.39, 0.29) is 0 Å². The molecule has 144 valence electrons. The molecule has 0 saturated heterocycles. The second-order valence-corrected chi connectivity index (χ2v) is 8.85. The van der Waals surface area contributed by atoms with Crippen molar-refractivity contribution < 1.29 is 0 Å². The molecule has 3 fully saturated rings. The zero-order chi connectivity index (χ0) is 17.9. The molecule has 0 aliphatic heterocycles. The van der Waals surface area contributed by atoms with Gasteiger partial charge in [-0.3, -0.25) is 0 Å². The molecule has 0 unspecified atom stereocenters. The minimum atomic E-state index is 0.681. The summed E-state index contributed by atoms with van der Waals surface area (Å²) in [7, 11) is 0. The van der Waals surface area contributed by atoms with E-state index in [2.05, 4.69) is 57.5 Å². The van der Waals surface area contributed by atoms with Gasteiger partial charge in [-0.15, -0.1) is 0 Å². The van der Waals surface area contributed by atoms with Gasteiger partial charge >= 0.3 is 0 Å². The number of nitrogens with one attached hydrogen (secondary N) is 3. The molecule has 3 rings (SSSR count). The van der Waals surface area contributed by atoms with Crippen LogP contribution >= 0.6 is 0 Å². The Morgan fingerprint density at radius 1 is 0.458 bits per heavy atom. The van der Waals surface area contributed by atoms with Gasteiger partial charge in [-0.1, -0.05) is 60.8 Å². The lowest BCUT2D eigenvalue weighted by atomic mass is 9.93. The van der Waals surface area contributed by atoms with Gasteiger partial charge in [0.1, 0.15) is 0 Å². The summed E-state index contributed by atoms with van der Waals surface area (Å²) in [6, 6.07) is 4.61. The predicted molar refractivity (Wildman–Crippen MR) is 108 cm³/mol. The van der Waals surface area contributed by atoms with E-state index in [0.29, 0.717) is 18.1 Å². The second kappa shape index (κ2) is 12.3. The maximum absolute atomic E-state index is 3.48. The smallest absolute Gasteiger partial charge is 0.00694 e. The highest BCUT2D eigenvalue weighted by atomic mass is 15.0. The van der Waals surface area contributed by atoms with E-state index in [1.165, 1.54) is 57.8 Å². The molecule has 0 radical (unpaired) electrons. The molecule has 0 amide bonds. The zero-order valence-corrected chi connectivity index (χ0v) is 17.3. The van der Waals surface area contributed by atoms with Crippen LogP contribution in [-0.4, -0.2) is 36.3 Å². The molecule has 3 N–H and O–H groups in total. The maximum Gasteiger partial charge on any atom is 0.00694 e. The highest BCUT2D eigenvalue weighted by Gasteiger charge is 2.17. The first-order valence-electron chi connectivity index (χ1n) is 10.6. The van der Waals surface area contributed by atoms with Crippen molar-refractivity contribution in [3.63, 3.8) is 0 Å². The molecular weight excluding hydrogens is 294 g/mol. The van der Waals surface area contributed by atoms with Gasteiger partial charge in [0, 0.05) is 36.3 Å². The van der Waals surface area contributed by atoms with E-state index in [1.54, 1.807) is 0 Å². The summed E-state index contributed by atoms with van der Waals surface area (Å²) in [5.41, 5.74) is 0. The summed E-state index contributed by atoms with van der Waals surface area (Å²) in [4.78, 5) is 0. The molecule has 0 bridgehead atoms. The molecule has 0 aromatic rings. The Hall–Kier alpha value is -0.120. The van der Waals surface area contributed by atoms with Crippen LogP contribution in [0, 0.1) is 0 Å². The van der Waals surface area contributed by atoms with Gasteiger partial charge in [0.15, 0.2) is 0 Å². The first-order valence-corrected chi connectivity index (χ1v) is 10.6. The van der Waals surface area contributed by atoms with Crippen molar-refractivity contribution in [2.45, 2.75) is 136 Å². The SMILES string of the molecule is CC(C)NC1CCC1.CC(C)NC1CCC1.CC(C)NC1CCC1. The topological polar surface area (TPSA) is 36.1 Å². The minimum Gasteiger partial charge on any atom is -0.312 e. The average molecular weight is 340 g/mol. The Kier molecular flexibility index (Phi) is 11.2. The first kappa shape index (κ1) is 21.9. The third-order valence-electron chi connectivity index (χ3n) is 5.02. The molecule has 3 heteroatoms. The van der Waals surface area contributed by atoms with Gasteiger partial charge in [0.05, 0.1) is 0 Å². The van der Waals surface area contributed by atoms with E-state index in [1.807, 2.05) is 0 Å². The van der Waals surface area contributed by atoms with Gasteiger partial charge < -0.3 is 16.0 Å². The zero-order valence-electron chi connectivity index (χ0n) is 17.3. The van der Waals surface area contributed by atoms with Crippen molar-refractivity contribution in [3.8, 4) is 0 Å². The lowest BCUT2D eigenvalue weighted by Gasteiger charge is -2.28. The van der Waals surface area contributed by atoms with Crippen LogP contribution in [0.1, 0.15) is 99.3 Å². The first-order chi connectivity index (χ1) is 11.4. The Morgan fingerprint density at radius 3 is 0.708 bits per heavy atom. The third-order valence-corrected chi connectivity index (χ3v) is 5.02. The lowest BCUT2D eigenvalue weighted by molar-refractivity contribution is 0.318. The Morgan fingerprint density at radius 2 is 0.667 bits per heavy atom. The monoisotopic (exact) mass is 339 g/mol. The lowest BCUT2D eigenvalue weighted by Crippen LogP contribution is -2.39. The van der Waals surface area contributed by atoms with Crippen molar-refractivity contribution >= 4 is 0 Å². The molecule has 3 aliphatic carbocycles. The number of hydrogen-bond donors (Lipinski definition) is 3. The summed E-state index contributed by atoms with van der Waals surface area (Å²) in [6.45, 7) is 13.2. The fourth-order valence-corrected chi connectivity index (χ4v) is 3.14. The van der Waals surface area contributed by atoms with Crippen molar-refractivity contribution in [3.05, 3.63) is 0 Å². The minimum absolute atomic E-state index is 0.681. The van der Waals surface area contributed by atoms with Gasteiger partial charge in [-0.2, -0.15) is 0 Å². The van der Waals surface area contributed by atoms with Crippen LogP contribution < -0.4 is 16.0 Å². The number of rotatable bonds is 6. The van der Waals surface area contributed by atoms with Crippen LogP contribution in [0.2, 0.25) is 0 Å². The molecule has 3 aliphatic rings. The fraction of sp³-hybridized carbons (Fsp3) is 1.00. The molecule has 0 spiro atoms. The van der Waals surface area contributed by atoms with Crippen LogP contribution in [0.15, 0.2) is 0 Å². The summed E-state index contributed by atoms with van der Waals surface area (Å²) >= 11 is 0. The van der Waals surface area contributed by atoms with Crippen LogP contribution in [-0.2, 0) is 0 Å². The van der Waals surface area contributed by atoms with E-state index < -0.39 is 0 Å². The fourth-order valence-electron chi connectivity index (χ4n) is 3.14. The van der Waals surface area contributed by atoms with E-state index in [9.17, 15) is 0 Å². The maximum atomic E-state index is 3.48. The number of hydrogen-bond acceptors (Lipinski definition) is 3. The molecule has 0 heterocycles. The van der Waals surface area contributed by atoms with Gasteiger partial charge in [-0.25, -0.2) is 0 Å². The summed E-state index contributed by atoms with van der Waals surface area (Å²) < 4.78 is 0. The largest absolute Gasteiger partial charge is 0.312 e. The predicted octanol–water partition coefficient (Wildman–Crippen LogP) is 4.61. The standard InChI is InChI=1S/3C7H15N/c3*1-6(2)8-7-4-3-5-7/h3*6-8H,3-5H2,1-2H3. The highest BCUT2D eigenvalue weighted by molar-refractivity contribution is 4.78. The van der Waals surface area contributed by atoms with Crippen LogP contribution in [0.25, 0.3) is 0 Å². The molecule has 0 aromatic carbocycles. The molecule has 0 aromatic heterocycles. The Labute approximate surface area is 152 Å². The summed E-state index contributed by atoms with van der Waals surface area (Å²) in [5.74, 6) is 0. The van der Waals surface area contributed by atoms with Crippen LogP contribution in [0.3, 0.4) is 0 Å². The molecule has 0 atom stereocenters. The second-order valence-electron chi connectivity index (χ2n) is 8.85. The van der Waals surface area contributed by atoms with Crippen LogP contribution in [0.5, 0.6) is 0 Å². The van der Waals surface area contributed by atoms with Crippen molar-refractivity contribution in [1.82, 2.24) is 16.0 Å². The van der Waals surface area contributed by atoms with Crippen molar-refractivity contribution in [2.24, 2.45) is 0 Å². The summed E-state index contributed by atoms with van der Waals surface area (Å²) in [5, 5.41) is 10.4. The van der Waals surface area contributed by atoms with Gasteiger partial charge in [0.25, 0.3) is 0 Å². The summed E-state index contributed by atoms with van der Waals surface area (Å²) in [6.07, 6.45) is 12.7. The average Bonchev–Trinajstić information content (AvgIpc) is 2.35. The molecule has 24 heavy (non-hydrogen) atoms. The van der Waals surface area contributed by atoms with E-state index in [0.717, 1.165) is 18.1 Å². The van der Waals surface area contributed by atoms with Gasteiger partial charge in [0.2, 0.25) is 0 Å². The Bertz CT molecular complexity index is 242. The van der Waals surface area contributed by atoms with Crippen LogP contribution in [0.4, 0.5) is 0 Å². The molecule has 3 saturated carbocycles. The quantitative estimate of drug-likeness (QED) is 0.661. The van der Waals surface area contributed by atoms with E-state index >= 15 is 0 Å². The normalized spacial score (nSPS) is 21.4. The van der Waals surface area contributed by atoms with Crippen molar-refractivity contribution in [1.29, 1.82) is 0 Å². The van der Waals surface area contributed by atoms with Gasteiger partial charge in [-0.05, 0) is 38.5 Å². The highest BCUT2D eigenvalue weighted by Crippen LogP contribution is 2.19. The Balaban J connectivity index is 0.000000180. The van der Waals surface area contributed by atoms with Crippen molar-refractivity contribution in [2.75, 3.05) is 0 Å². The molecule has 3 nitrogen and oxygen atoms in total. The third kappa shape index (κ3) is 10.7.